The minimum Gasteiger partial charge on any atom is -0.382 e. The molecule has 1 rings (SSSR count). The lowest BCUT2D eigenvalue weighted by Gasteiger charge is -2.15. The highest BCUT2D eigenvalue weighted by atomic mass is 32.1. The van der Waals surface area contributed by atoms with Crippen molar-refractivity contribution in [2.75, 3.05) is 47.1 Å². The van der Waals surface area contributed by atoms with E-state index in [-0.39, 0.29) is 0 Å². The molecule has 0 fully saturated rings. The molecule has 0 radical (unpaired) electrons. The summed E-state index contributed by atoms with van der Waals surface area (Å²) in [6, 6.07) is 4.31. The molecule has 132 valence electrons. The van der Waals surface area contributed by atoms with E-state index in [1.165, 1.54) is 4.88 Å². The lowest BCUT2D eigenvalue weighted by atomic mass is 10.1. The second-order valence-corrected chi connectivity index (χ2v) is 6.61. The molecule has 0 aliphatic heterocycles. The molecule has 2 N–H and O–H groups in total. The number of aliphatic imine (C=N–C) groups is 1. The van der Waals surface area contributed by atoms with E-state index in [4.69, 9.17) is 9.47 Å². The zero-order valence-electron chi connectivity index (χ0n) is 14.6. The highest BCUT2D eigenvalue weighted by Gasteiger charge is 2.05. The molecule has 1 aromatic rings. The van der Waals surface area contributed by atoms with E-state index in [9.17, 15) is 0 Å². The van der Waals surface area contributed by atoms with Crippen molar-refractivity contribution in [3.8, 4) is 0 Å². The first kappa shape index (κ1) is 19.9. The minimum atomic E-state index is 0.585. The number of ether oxygens (including phenoxy) is 2. The van der Waals surface area contributed by atoms with E-state index in [2.05, 4.69) is 40.1 Å². The smallest absolute Gasteiger partial charge is 0.190 e. The molecule has 23 heavy (non-hydrogen) atoms. The fourth-order valence-electron chi connectivity index (χ4n) is 2.12. The number of guanidine groups is 1. The van der Waals surface area contributed by atoms with Crippen molar-refractivity contribution in [1.82, 2.24) is 10.6 Å². The zero-order valence-corrected chi connectivity index (χ0v) is 15.5. The van der Waals surface area contributed by atoms with Gasteiger partial charge in [-0.05, 0) is 36.6 Å². The highest BCUT2D eigenvalue weighted by Crippen LogP contribution is 2.13. The van der Waals surface area contributed by atoms with Gasteiger partial charge in [0.1, 0.15) is 0 Å². The Morgan fingerprint density at radius 2 is 2.13 bits per heavy atom. The van der Waals surface area contributed by atoms with Crippen LogP contribution in [0, 0.1) is 5.92 Å². The van der Waals surface area contributed by atoms with Gasteiger partial charge in [-0.3, -0.25) is 4.99 Å². The molecular weight excluding hydrogens is 310 g/mol. The molecule has 1 unspecified atom stereocenters. The third-order valence-corrected chi connectivity index (χ3v) is 4.31. The number of hydrogen-bond donors (Lipinski definition) is 2. The van der Waals surface area contributed by atoms with Gasteiger partial charge in [0, 0.05) is 38.7 Å². The Balaban J connectivity index is 2.03. The largest absolute Gasteiger partial charge is 0.382 e. The van der Waals surface area contributed by atoms with Crippen LogP contribution < -0.4 is 10.6 Å². The van der Waals surface area contributed by atoms with E-state index in [1.807, 2.05) is 18.4 Å². The van der Waals surface area contributed by atoms with Gasteiger partial charge in [0.2, 0.25) is 0 Å². The SMILES string of the molecule is CN=C(NCCCCOCCOC)NCC(C)Cc1cccs1. The maximum atomic E-state index is 5.44. The first-order chi connectivity index (χ1) is 11.3. The molecule has 0 aliphatic carbocycles. The summed E-state index contributed by atoms with van der Waals surface area (Å²) in [6.07, 6.45) is 3.22. The predicted octanol–water partition coefficient (Wildman–Crippen LogP) is 2.53. The third-order valence-electron chi connectivity index (χ3n) is 3.41. The Labute approximate surface area is 144 Å². The summed E-state index contributed by atoms with van der Waals surface area (Å²) < 4.78 is 10.4. The van der Waals surface area contributed by atoms with E-state index < -0.39 is 0 Å². The standard InChI is InChI=1S/C17H31N3O2S/c1-15(13-16-7-6-12-23-16)14-20-17(18-2)19-8-4-5-9-22-11-10-21-3/h6-7,12,15H,4-5,8-11,13-14H2,1-3H3,(H2,18,19,20). The van der Waals surface area contributed by atoms with Crippen molar-refractivity contribution in [3.63, 3.8) is 0 Å². The maximum Gasteiger partial charge on any atom is 0.190 e. The van der Waals surface area contributed by atoms with Gasteiger partial charge in [0.25, 0.3) is 0 Å². The second-order valence-electron chi connectivity index (χ2n) is 5.58. The van der Waals surface area contributed by atoms with Gasteiger partial charge in [-0.1, -0.05) is 13.0 Å². The Kier molecular flexibility index (Phi) is 11.6. The average Bonchev–Trinajstić information content (AvgIpc) is 3.05. The number of thiophene rings is 1. The number of methoxy groups -OCH3 is 1. The van der Waals surface area contributed by atoms with Gasteiger partial charge in [0.15, 0.2) is 5.96 Å². The van der Waals surface area contributed by atoms with Crippen LogP contribution >= 0.6 is 11.3 Å². The van der Waals surface area contributed by atoms with Gasteiger partial charge in [-0.25, -0.2) is 0 Å². The van der Waals surface area contributed by atoms with Crippen molar-refractivity contribution < 1.29 is 9.47 Å². The molecule has 1 aromatic heterocycles. The average molecular weight is 342 g/mol. The molecule has 0 saturated heterocycles. The lowest BCUT2D eigenvalue weighted by molar-refractivity contribution is 0.0689. The Morgan fingerprint density at radius 1 is 1.26 bits per heavy atom. The lowest BCUT2D eigenvalue weighted by Crippen LogP contribution is -2.40. The quantitative estimate of drug-likeness (QED) is 0.348. The monoisotopic (exact) mass is 341 g/mol. The first-order valence-electron chi connectivity index (χ1n) is 8.29. The van der Waals surface area contributed by atoms with Crippen LogP contribution in [0.2, 0.25) is 0 Å². The summed E-state index contributed by atoms with van der Waals surface area (Å²) in [5.74, 6) is 1.46. The van der Waals surface area contributed by atoms with Crippen LogP contribution in [0.1, 0.15) is 24.6 Å². The summed E-state index contributed by atoms with van der Waals surface area (Å²) >= 11 is 1.82. The number of unbranched alkanes of at least 4 members (excludes halogenated alkanes) is 1. The molecule has 0 aliphatic rings. The molecule has 5 nitrogen and oxygen atoms in total. The van der Waals surface area contributed by atoms with Crippen LogP contribution in [0.4, 0.5) is 0 Å². The van der Waals surface area contributed by atoms with Crippen LogP contribution in [-0.2, 0) is 15.9 Å². The molecular formula is C17H31N3O2S. The van der Waals surface area contributed by atoms with E-state index in [0.29, 0.717) is 19.1 Å². The van der Waals surface area contributed by atoms with Gasteiger partial charge in [-0.2, -0.15) is 0 Å². The van der Waals surface area contributed by atoms with E-state index in [0.717, 1.165) is 44.9 Å². The van der Waals surface area contributed by atoms with Crippen LogP contribution in [0.3, 0.4) is 0 Å². The van der Waals surface area contributed by atoms with Crippen LogP contribution in [-0.4, -0.2) is 53.0 Å². The topological polar surface area (TPSA) is 54.9 Å². The van der Waals surface area contributed by atoms with Gasteiger partial charge in [-0.15, -0.1) is 11.3 Å². The Morgan fingerprint density at radius 3 is 2.83 bits per heavy atom. The summed E-state index contributed by atoms with van der Waals surface area (Å²) in [6.45, 7) is 6.23. The van der Waals surface area contributed by atoms with Crippen molar-refractivity contribution in [1.29, 1.82) is 0 Å². The molecule has 0 saturated carbocycles. The van der Waals surface area contributed by atoms with Crippen molar-refractivity contribution in [3.05, 3.63) is 22.4 Å². The van der Waals surface area contributed by atoms with Crippen LogP contribution in [0.5, 0.6) is 0 Å². The van der Waals surface area contributed by atoms with Crippen molar-refractivity contribution in [2.45, 2.75) is 26.2 Å². The zero-order chi connectivity index (χ0) is 16.8. The molecule has 6 heteroatoms. The summed E-state index contributed by atoms with van der Waals surface area (Å²) in [5, 5.41) is 8.88. The fraction of sp³-hybridized carbons (Fsp3) is 0.706. The number of rotatable bonds is 12. The first-order valence-corrected chi connectivity index (χ1v) is 9.17. The molecule has 1 atom stereocenters. The molecule has 0 aromatic carbocycles. The third kappa shape index (κ3) is 10.3. The summed E-state index contributed by atoms with van der Waals surface area (Å²) in [4.78, 5) is 5.71. The number of nitrogens with one attached hydrogen (secondary N) is 2. The fourth-order valence-corrected chi connectivity index (χ4v) is 2.99. The van der Waals surface area contributed by atoms with Gasteiger partial charge < -0.3 is 20.1 Å². The Bertz CT molecular complexity index is 410. The van der Waals surface area contributed by atoms with Crippen LogP contribution in [0.15, 0.2) is 22.5 Å². The molecule has 0 spiro atoms. The normalized spacial score (nSPS) is 13.1. The van der Waals surface area contributed by atoms with Gasteiger partial charge >= 0.3 is 0 Å². The van der Waals surface area contributed by atoms with E-state index >= 15 is 0 Å². The molecule has 1 heterocycles. The summed E-state index contributed by atoms with van der Waals surface area (Å²) in [5.41, 5.74) is 0. The number of nitrogens with zero attached hydrogens (tertiary/aromatic N) is 1. The van der Waals surface area contributed by atoms with Crippen molar-refractivity contribution in [2.24, 2.45) is 10.9 Å². The second kappa shape index (κ2) is 13.3. The van der Waals surface area contributed by atoms with Crippen LogP contribution in [0.25, 0.3) is 0 Å². The molecule has 0 bridgehead atoms. The summed E-state index contributed by atoms with van der Waals surface area (Å²) in [7, 11) is 3.50. The van der Waals surface area contributed by atoms with E-state index in [1.54, 1.807) is 7.11 Å². The Hall–Kier alpha value is -1.11. The van der Waals surface area contributed by atoms with Gasteiger partial charge in [0.05, 0.1) is 13.2 Å². The predicted molar refractivity (Wildman–Crippen MR) is 98.5 cm³/mol. The van der Waals surface area contributed by atoms with Crippen molar-refractivity contribution >= 4 is 17.3 Å². The maximum absolute atomic E-state index is 5.44. The minimum absolute atomic E-state index is 0.585. The molecule has 0 amide bonds. The number of hydrogen-bond acceptors (Lipinski definition) is 4. The highest BCUT2D eigenvalue weighted by molar-refractivity contribution is 7.09.